The summed E-state index contributed by atoms with van der Waals surface area (Å²) in [6.45, 7) is 4.83. The summed E-state index contributed by atoms with van der Waals surface area (Å²) >= 11 is 0. The first kappa shape index (κ1) is 22.8. The van der Waals surface area contributed by atoms with Crippen LogP contribution in [0.4, 0.5) is 5.69 Å². The van der Waals surface area contributed by atoms with Gasteiger partial charge in [0.1, 0.15) is 18.5 Å². The number of carbonyl (C=O) groups excluding carboxylic acids is 1. The summed E-state index contributed by atoms with van der Waals surface area (Å²) in [5, 5.41) is 17.5. The molecule has 0 saturated carbocycles. The summed E-state index contributed by atoms with van der Waals surface area (Å²) in [6, 6.07) is 15.9. The minimum Gasteiger partial charge on any atom is -0.490 e. The van der Waals surface area contributed by atoms with Gasteiger partial charge in [-0.1, -0.05) is 30.2 Å². The molecule has 0 aliphatic heterocycles. The van der Waals surface area contributed by atoms with Gasteiger partial charge in [0.05, 0.1) is 0 Å². The van der Waals surface area contributed by atoms with E-state index in [9.17, 15) is 9.90 Å². The van der Waals surface area contributed by atoms with Crippen molar-refractivity contribution in [2.45, 2.75) is 51.7 Å². The minimum absolute atomic E-state index is 0.0504. The van der Waals surface area contributed by atoms with Crippen LogP contribution >= 0.6 is 0 Å². The van der Waals surface area contributed by atoms with Gasteiger partial charge in [-0.3, -0.25) is 4.79 Å². The number of aliphatic hydroxyl groups is 1. The van der Waals surface area contributed by atoms with E-state index >= 15 is 0 Å². The maximum absolute atomic E-state index is 12.0. The normalized spacial score (nSPS) is 13.1. The molecule has 0 saturated heterocycles. The van der Waals surface area contributed by atoms with Crippen LogP contribution in [0.5, 0.6) is 5.75 Å². The Kier molecular flexibility index (Phi) is 8.50. The molecule has 0 radical (unpaired) electrons. The third-order valence-electron chi connectivity index (χ3n) is 5.31. The zero-order chi connectivity index (χ0) is 22.1. The minimum atomic E-state index is -0.586. The number of aromatic nitrogens is 1. The van der Waals surface area contributed by atoms with Crippen LogP contribution in [-0.2, 0) is 4.79 Å². The molecule has 2 atom stereocenters. The third-order valence-corrected chi connectivity index (χ3v) is 5.31. The van der Waals surface area contributed by atoms with E-state index in [1.807, 2.05) is 61.7 Å². The summed E-state index contributed by atoms with van der Waals surface area (Å²) in [5.41, 5.74) is 3.04. The molecule has 2 unspecified atom stereocenters. The molecule has 0 aliphatic carbocycles. The Morgan fingerprint density at radius 1 is 1.13 bits per heavy atom. The summed E-state index contributed by atoms with van der Waals surface area (Å²) in [7, 11) is 0. The van der Waals surface area contributed by atoms with Crippen LogP contribution in [0.3, 0.4) is 0 Å². The van der Waals surface area contributed by atoms with E-state index in [0.29, 0.717) is 13.0 Å². The molecule has 166 valence electrons. The van der Waals surface area contributed by atoms with Crippen molar-refractivity contribution in [2.24, 2.45) is 0 Å². The number of amides is 1. The van der Waals surface area contributed by atoms with Crippen molar-refractivity contribution < 1.29 is 14.6 Å². The molecule has 3 aromatic rings. The first-order valence-electron chi connectivity index (χ1n) is 11.0. The molecule has 3 rings (SSSR count). The van der Waals surface area contributed by atoms with Crippen LogP contribution in [0.25, 0.3) is 10.9 Å². The summed E-state index contributed by atoms with van der Waals surface area (Å²) in [5.74, 6) is 0.823. The topological polar surface area (TPSA) is 86.4 Å². The van der Waals surface area contributed by atoms with E-state index in [2.05, 4.69) is 22.5 Å². The summed E-state index contributed by atoms with van der Waals surface area (Å²) in [6.07, 6.45) is 4.56. The smallest absolute Gasteiger partial charge is 0.224 e. The van der Waals surface area contributed by atoms with E-state index in [1.54, 1.807) is 0 Å². The van der Waals surface area contributed by atoms with Crippen molar-refractivity contribution in [1.29, 1.82) is 0 Å². The first-order valence-corrected chi connectivity index (χ1v) is 11.0. The van der Waals surface area contributed by atoms with Crippen molar-refractivity contribution in [2.75, 3.05) is 18.5 Å². The van der Waals surface area contributed by atoms with Crippen LogP contribution < -0.4 is 15.4 Å². The molecule has 2 aromatic carbocycles. The molecule has 0 aliphatic rings. The highest BCUT2D eigenvalue weighted by Crippen LogP contribution is 2.24. The zero-order valence-corrected chi connectivity index (χ0v) is 18.4. The van der Waals surface area contributed by atoms with Gasteiger partial charge in [0.25, 0.3) is 0 Å². The molecular weight excluding hydrogens is 390 g/mol. The lowest BCUT2D eigenvalue weighted by molar-refractivity contribution is -0.116. The number of aromatic amines is 1. The van der Waals surface area contributed by atoms with Crippen LogP contribution in [-0.4, -0.2) is 41.3 Å². The van der Waals surface area contributed by atoms with Crippen molar-refractivity contribution in [3.05, 3.63) is 60.3 Å². The fourth-order valence-corrected chi connectivity index (χ4v) is 3.46. The van der Waals surface area contributed by atoms with Crippen molar-refractivity contribution in [1.82, 2.24) is 10.3 Å². The van der Waals surface area contributed by atoms with E-state index in [1.165, 1.54) is 5.56 Å². The Balaban J connectivity index is 1.26. The SMILES string of the molecule is Cc1ccc(NC(=O)CCCCC(C)NCC(O)COc2cccc3[nH]ccc23)cc1. The maximum Gasteiger partial charge on any atom is 0.224 e. The third kappa shape index (κ3) is 7.42. The molecule has 0 bridgehead atoms. The number of hydrogen-bond donors (Lipinski definition) is 4. The van der Waals surface area contributed by atoms with E-state index in [0.717, 1.165) is 41.6 Å². The number of anilines is 1. The van der Waals surface area contributed by atoms with Crippen LogP contribution in [0.15, 0.2) is 54.7 Å². The number of fused-ring (bicyclic) bond motifs is 1. The predicted octanol–water partition coefficient (Wildman–Crippen LogP) is 4.39. The average molecular weight is 424 g/mol. The van der Waals surface area contributed by atoms with Gasteiger partial charge in [-0.25, -0.2) is 0 Å². The lowest BCUT2D eigenvalue weighted by atomic mass is 10.1. The van der Waals surface area contributed by atoms with E-state index < -0.39 is 6.10 Å². The molecule has 1 heterocycles. The lowest BCUT2D eigenvalue weighted by Crippen LogP contribution is -2.36. The van der Waals surface area contributed by atoms with E-state index in [-0.39, 0.29) is 18.6 Å². The van der Waals surface area contributed by atoms with Crippen LogP contribution in [0, 0.1) is 6.92 Å². The molecular formula is C25H33N3O3. The molecule has 1 amide bonds. The van der Waals surface area contributed by atoms with Gasteiger partial charge in [-0.15, -0.1) is 0 Å². The zero-order valence-electron chi connectivity index (χ0n) is 18.4. The Hall–Kier alpha value is -2.83. The second-order valence-corrected chi connectivity index (χ2v) is 8.13. The summed E-state index contributed by atoms with van der Waals surface area (Å²) in [4.78, 5) is 15.2. The van der Waals surface area contributed by atoms with Gasteiger partial charge in [0.15, 0.2) is 0 Å². The monoisotopic (exact) mass is 423 g/mol. The Morgan fingerprint density at radius 3 is 2.74 bits per heavy atom. The molecule has 0 fully saturated rings. The Morgan fingerprint density at radius 2 is 1.94 bits per heavy atom. The fourth-order valence-electron chi connectivity index (χ4n) is 3.46. The van der Waals surface area contributed by atoms with Gasteiger partial charge in [-0.2, -0.15) is 0 Å². The molecule has 4 N–H and O–H groups in total. The molecule has 1 aromatic heterocycles. The van der Waals surface area contributed by atoms with E-state index in [4.69, 9.17) is 4.74 Å². The van der Waals surface area contributed by atoms with Gasteiger partial charge >= 0.3 is 0 Å². The Labute approximate surface area is 184 Å². The number of aliphatic hydroxyl groups excluding tert-OH is 1. The van der Waals surface area contributed by atoms with Gasteiger partial charge in [0, 0.05) is 41.8 Å². The van der Waals surface area contributed by atoms with Crippen LogP contribution in [0.2, 0.25) is 0 Å². The van der Waals surface area contributed by atoms with Gasteiger partial charge in [0.2, 0.25) is 5.91 Å². The number of ether oxygens (including phenoxy) is 1. The Bertz CT molecular complexity index is 952. The molecule has 31 heavy (non-hydrogen) atoms. The quantitative estimate of drug-likeness (QED) is 0.325. The van der Waals surface area contributed by atoms with Crippen molar-refractivity contribution >= 4 is 22.5 Å². The fraction of sp³-hybridized carbons (Fsp3) is 0.400. The van der Waals surface area contributed by atoms with Gasteiger partial charge in [-0.05, 0) is 57.0 Å². The summed E-state index contributed by atoms with van der Waals surface area (Å²) < 4.78 is 5.80. The van der Waals surface area contributed by atoms with Crippen LogP contribution in [0.1, 0.15) is 38.2 Å². The molecule has 6 nitrogen and oxygen atoms in total. The number of carbonyl (C=O) groups is 1. The average Bonchev–Trinajstić information content (AvgIpc) is 3.25. The second kappa shape index (κ2) is 11.5. The number of nitrogens with one attached hydrogen (secondary N) is 3. The number of aryl methyl sites for hydroxylation is 1. The highest BCUT2D eigenvalue weighted by molar-refractivity contribution is 5.90. The highest BCUT2D eigenvalue weighted by atomic mass is 16.5. The number of unbranched alkanes of at least 4 members (excludes halogenated alkanes) is 1. The number of rotatable bonds is 12. The molecule has 6 heteroatoms. The van der Waals surface area contributed by atoms with Crippen molar-refractivity contribution in [3.63, 3.8) is 0 Å². The largest absolute Gasteiger partial charge is 0.490 e. The van der Waals surface area contributed by atoms with Gasteiger partial charge < -0.3 is 25.5 Å². The number of H-pyrrole nitrogens is 1. The maximum atomic E-state index is 12.0. The predicted molar refractivity (Wildman–Crippen MR) is 126 cm³/mol. The standard InChI is InChI=1S/C25H33N3O3/c1-18-10-12-20(13-11-18)28-25(30)9-4-3-6-19(2)27-16-21(29)17-31-24-8-5-7-23-22(24)14-15-26-23/h5,7-8,10-15,19,21,26-27,29H,3-4,6,9,16-17H2,1-2H3,(H,28,30). The number of benzene rings is 2. The number of hydrogen-bond acceptors (Lipinski definition) is 4. The molecule has 0 spiro atoms. The van der Waals surface area contributed by atoms with Crippen molar-refractivity contribution in [3.8, 4) is 5.75 Å². The highest BCUT2D eigenvalue weighted by Gasteiger charge is 2.10. The lowest BCUT2D eigenvalue weighted by Gasteiger charge is -2.18. The first-order chi connectivity index (χ1) is 15.0. The second-order valence-electron chi connectivity index (χ2n) is 8.13.